The topological polar surface area (TPSA) is 46.5 Å². The number of carbonyl (C=O) groups excluding carboxylic acids is 1. The summed E-state index contributed by atoms with van der Waals surface area (Å²) in [5.74, 6) is 0.0755. The number of nitrogens with zero attached hydrogens (tertiary/aromatic N) is 2. The first-order chi connectivity index (χ1) is 17.3. The maximum Gasteiger partial charge on any atom is 0.229 e. The van der Waals surface area contributed by atoms with Gasteiger partial charge in [-0.3, -0.25) is 4.79 Å². The van der Waals surface area contributed by atoms with Crippen LogP contribution >= 0.6 is 0 Å². The van der Waals surface area contributed by atoms with Crippen molar-refractivity contribution < 1.29 is 9.53 Å². The third kappa shape index (κ3) is 4.38. The molecule has 182 valence electrons. The van der Waals surface area contributed by atoms with Crippen molar-refractivity contribution in [2.75, 3.05) is 31.1 Å². The standard InChI is InChI=1S/C30H35N3O2/c34-30-25(15-17-31-30)29-28(32-18-7-8-19-32)24(14-13-22-9-3-1-4-10-22)27(26-16-20-35-26)33(29)21-23-11-5-2-6-12-23/h1-6,9-12,25-26H,7-8,13-21H2,(H,31,34). The molecule has 0 aliphatic carbocycles. The number of carbonyl (C=O) groups is 1. The Hall–Kier alpha value is -3.05. The number of hydrogen-bond donors (Lipinski definition) is 1. The normalized spacial score (nSPS) is 21.8. The number of ether oxygens (including phenoxy) is 1. The average molecular weight is 470 g/mol. The molecule has 3 aliphatic heterocycles. The molecular formula is C30H35N3O2. The second-order valence-corrected chi connectivity index (χ2v) is 10.1. The van der Waals surface area contributed by atoms with E-state index in [1.54, 1.807) is 0 Å². The summed E-state index contributed by atoms with van der Waals surface area (Å²) >= 11 is 0. The van der Waals surface area contributed by atoms with E-state index in [4.69, 9.17) is 4.74 Å². The zero-order valence-electron chi connectivity index (χ0n) is 20.4. The molecule has 0 bridgehead atoms. The molecule has 1 amide bonds. The molecule has 3 aliphatic rings. The quantitative estimate of drug-likeness (QED) is 0.506. The van der Waals surface area contributed by atoms with Crippen molar-refractivity contribution in [2.45, 2.75) is 57.1 Å². The highest BCUT2D eigenvalue weighted by Crippen LogP contribution is 2.46. The van der Waals surface area contributed by atoms with Gasteiger partial charge in [-0.1, -0.05) is 60.7 Å². The Morgan fingerprint density at radius 1 is 0.857 bits per heavy atom. The predicted octanol–water partition coefficient (Wildman–Crippen LogP) is 4.99. The fourth-order valence-corrected chi connectivity index (χ4v) is 6.11. The van der Waals surface area contributed by atoms with Crippen molar-refractivity contribution in [3.05, 3.63) is 88.7 Å². The third-order valence-corrected chi connectivity index (χ3v) is 7.91. The number of benzene rings is 2. The number of hydrogen-bond acceptors (Lipinski definition) is 3. The molecule has 1 aromatic heterocycles. The summed E-state index contributed by atoms with van der Waals surface area (Å²) in [6.45, 7) is 4.49. The molecule has 6 rings (SSSR count). The minimum atomic E-state index is -0.0985. The fraction of sp³-hybridized carbons (Fsp3) is 0.433. The monoisotopic (exact) mass is 469 g/mol. The minimum absolute atomic E-state index is 0.0985. The molecule has 2 unspecified atom stereocenters. The van der Waals surface area contributed by atoms with Gasteiger partial charge in [0.1, 0.15) is 0 Å². The van der Waals surface area contributed by atoms with Crippen LogP contribution in [-0.4, -0.2) is 36.7 Å². The molecular weight excluding hydrogens is 434 g/mol. The zero-order chi connectivity index (χ0) is 23.6. The average Bonchev–Trinajstić information content (AvgIpc) is 3.59. The van der Waals surface area contributed by atoms with Gasteiger partial charge >= 0.3 is 0 Å². The molecule has 3 fully saturated rings. The van der Waals surface area contributed by atoms with Gasteiger partial charge in [-0.25, -0.2) is 0 Å². The Morgan fingerprint density at radius 2 is 1.54 bits per heavy atom. The first-order valence-corrected chi connectivity index (χ1v) is 13.3. The molecule has 35 heavy (non-hydrogen) atoms. The van der Waals surface area contributed by atoms with Crippen LogP contribution in [0.2, 0.25) is 0 Å². The van der Waals surface area contributed by atoms with Crippen molar-refractivity contribution in [3.8, 4) is 0 Å². The van der Waals surface area contributed by atoms with Gasteiger partial charge in [0.25, 0.3) is 0 Å². The molecule has 2 aromatic carbocycles. The number of aromatic nitrogens is 1. The number of amides is 1. The predicted molar refractivity (Wildman–Crippen MR) is 139 cm³/mol. The van der Waals surface area contributed by atoms with E-state index in [0.717, 1.165) is 58.5 Å². The summed E-state index contributed by atoms with van der Waals surface area (Å²) in [6, 6.07) is 21.5. The smallest absolute Gasteiger partial charge is 0.229 e. The van der Waals surface area contributed by atoms with Crippen LogP contribution in [0.25, 0.3) is 0 Å². The van der Waals surface area contributed by atoms with E-state index in [1.165, 1.54) is 46.6 Å². The van der Waals surface area contributed by atoms with E-state index in [1.807, 2.05) is 0 Å². The molecule has 0 radical (unpaired) electrons. The molecule has 1 N–H and O–H groups in total. The molecule has 3 aromatic rings. The van der Waals surface area contributed by atoms with Gasteiger partial charge in [0.2, 0.25) is 5.91 Å². The fourth-order valence-electron chi connectivity index (χ4n) is 6.11. The summed E-state index contributed by atoms with van der Waals surface area (Å²) in [4.78, 5) is 15.7. The minimum Gasteiger partial charge on any atom is -0.372 e. The Bertz CT molecular complexity index is 1160. The number of rotatable bonds is 8. The second kappa shape index (κ2) is 9.90. The van der Waals surface area contributed by atoms with E-state index in [-0.39, 0.29) is 17.9 Å². The highest BCUT2D eigenvalue weighted by atomic mass is 16.5. The summed E-state index contributed by atoms with van der Waals surface area (Å²) in [6.07, 6.45) is 6.42. The Morgan fingerprint density at radius 3 is 2.14 bits per heavy atom. The summed E-state index contributed by atoms with van der Waals surface area (Å²) in [5.41, 5.74) is 7.90. The van der Waals surface area contributed by atoms with Gasteiger partial charge in [0.05, 0.1) is 35.7 Å². The summed E-state index contributed by atoms with van der Waals surface area (Å²) < 4.78 is 8.66. The van der Waals surface area contributed by atoms with Crippen LogP contribution < -0.4 is 10.2 Å². The first kappa shape index (κ1) is 22.4. The van der Waals surface area contributed by atoms with Crippen LogP contribution in [0.3, 0.4) is 0 Å². The van der Waals surface area contributed by atoms with E-state index in [0.29, 0.717) is 0 Å². The second-order valence-electron chi connectivity index (χ2n) is 10.1. The molecule has 5 heteroatoms. The molecule has 0 saturated carbocycles. The Labute approximate surface area is 208 Å². The largest absolute Gasteiger partial charge is 0.372 e. The van der Waals surface area contributed by atoms with Crippen molar-refractivity contribution in [3.63, 3.8) is 0 Å². The maximum absolute atomic E-state index is 13.1. The highest BCUT2D eigenvalue weighted by molar-refractivity contribution is 5.88. The van der Waals surface area contributed by atoms with Crippen molar-refractivity contribution in [1.82, 2.24) is 9.88 Å². The maximum atomic E-state index is 13.1. The van der Waals surface area contributed by atoms with E-state index >= 15 is 0 Å². The van der Waals surface area contributed by atoms with Gasteiger partial charge in [0, 0.05) is 32.6 Å². The Balaban J connectivity index is 1.52. The van der Waals surface area contributed by atoms with Gasteiger partial charge in [-0.05, 0) is 48.8 Å². The molecule has 0 spiro atoms. The molecule has 2 atom stereocenters. The van der Waals surface area contributed by atoms with Crippen LogP contribution in [0.1, 0.15) is 65.8 Å². The van der Waals surface area contributed by atoms with Crippen LogP contribution in [0.15, 0.2) is 60.7 Å². The van der Waals surface area contributed by atoms with Crippen molar-refractivity contribution >= 4 is 11.6 Å². The van der Waals surface area contributed by atoms with E-state index < -0.39 is 0 Å². The van der Waals surface area contributed by atoms with E-state index in [2.05, 4.69) is 75.4 Å². The lowest BCUT2D eigenvalue weighted by Crippen LogP contribution is -2.26. The first-order valence-electron chi connectivity index (χ1n) is 13.3. The SMILES string of the molecule is O=C1NCCC1c1c(N2CCCC2)c(CCc2ccccc2)c(C2CCO2)n1Cc1ccccc1. The molecule has 3 saturated heterocycles. The van der Waals surface area contributed by atoms with Crippen LogP contribution in [-0.2, 0) is 28.9 Å². The third-order valence-electron chi connectivity index (χ3n) is 7.91. The van der Waals surface area contributed by atoms with Crippen LogP contribution in [0, 0.1) is 0 Å². The van der Waals surface area contributed by atoms with Crippen LogP contribution in [0.4, 0.5) is 5.69 Å². The van der Waals surface area contributed by atoms with Gasteiger partial charge < -0.3 is 19.5 Å². The lowest BCUT2D eigenvalue weighted by molar-refractivity contribution is -0.120. The van der Waals surface area contributed by atoms with Gasteiger partial charge in [-0.15, -0.1) is 0 Å². The number of aryl methyl sites for hydroxylation is 1. The summed E-state index contributed by atoms with van der Waals surface area (Å²) in [5, 5.41) is 3.12. The number of anilines is 1. The molecule has 4 heterocycles. The van der Waals surface area contributed by atoms with E-state index in [9.17, 15) is 4.79 Å². The highest BCUT2D eigenvalue weighted by Gasteiger charge is 2.39. The van der Waals surface area contributed by atoms with Crippen LogP contribution in [0.5, 0.6) is 0 Å². The van der Waals surface area contributed by atoms with Gasteiger partial charge in [-0.2, -0.15) is 0 Å². The lowest BCUT2D eigenvalue weighted by atomic mass is 9.96. The summed E-state index contributed by atoms with van der Waals surface area (Å²) in [7, 11) is 0. The van der Waals surface area contributed by atoms with Crippen molar-refractivity contribution in [1.29, 1.82) is 0 Å². The van der Waals surface area contributed by atoms with Crippen molar-refractivity contribution in [2.24, 2.45) is 0 Å². The molecule has 5 nitrogen and oxygen atoms in total. The lowest BCUT2D eigenvalue weighted by Gasteiger charge is -2.30. The van der Waals surface area contributed by atoms with Gasteiger partial charge in [0.15, 0.2) is 0 Å². The number of nitrogens with one attached hydrogen (secondary N) is 1. The Kier molecular flexibility index (Phi) is 6.34. The zero-order valence-corrected chi connectivity index (χ0v) is 20.4.